The number of hydrogen-bond donors (Lipinski definition) is 2. The van der Waals surface area contributed by atoms with Crippen LogP contribution in [-0.4, -0.2) is 28.1 Å². The van der Waals surface area contributed by atoms with Crippen LogP contribution in [0, 0.1) is 11.6 Å². The van der Waals surface area contributed by atoms with Crippen molar-refractivity contribution in [2.75, 3.05) is 12.3 Å². The SMILES string of the molecule is CC(C)(C)SCC(=O)NCC(C)(O)c1ccc(F)cc1F. The van der Waals surface area contributed by atoms with Crippen LogP contribution in [0.25, 0.3) is 0 Å². The third-order valence-electron chi connectivity index (χ3n) is 2.78. The molecule has 118 valence electrons. The molecule has 1 atom stereocenters. The van der Waals surface area contributed by atoms with Crippen LogP contribution >= 0.6 is 11.8 Å². The Bertz CT molecular complexity index is 513. The molecule has 1 unspecified atom stereocenters. The van der Waals surface area contributed by atoms with E-state index in [9.17, 15) is 18.7 Å². The smallest absolute Gasteiger partial charge is 0.230 e. The minimum Gasteiger partial charge on any atom is -0.383 e. The highest BCUT2D eigenvalue weighted by Gasteiger charge is 2.27. The summed E-state index contributed by atoms with van der Waals surface area (Å²) in [7, 11) is 0. The Labute approximate surface area is 128 Å². The highest BCUT2D eigenvalue weighted by Crippen LogP contribution is 2.24. The molecule has 21 heavy (non-hydrogen) atoms. The van der Waals surface area contributed by atoms with E-state index in [1.165, 1.54) is 24.8 Å². The molecule has 0 saturated carbocycles. The Morgan fingerprint density at radius 1 is 1.29 bits per heavy atom. The molecule has 0 aliphatic carbocycles. The molecule has 6 heteroatoms. The van der Waals surface area contributed by atoms with Gasteiger partial charge in [-0.2, -0.15) is 0 Å². The van der Waals surface area contributed by atoms with Crippen molar-refractivity contribution in [2.45, 2.75) is 38.0 Å². The average molecular weight is 317 g/mol. The lowest BCUT2D eigenvalue weighted by Gasteiger charge is -2.25. The standard InChI is InChI=1S/C15H21F2NO2S/c1-14(2,3)21-8-13(19)18-9-15(4,20)11-6-5-10(16)7-12(11)17/h5-7,20H,8-9H2,1-4H3,(H,18,19). The molecule has 1 rings (SSSR count). The van der Waals surface area contributed by atoms with E-state index < -0.39 is 17.2 Å². The first kappa shape index (κ1) is 17.9. The first-order valence-electron chi connectivity index (χ1n) is 6.60. The van der Waals surface area contributed by atoms with Crippen molar-refractivity contribution in [3.8, 4) is 0 Å². The molecule has 1 aromatic carbocycles. The Balaban J connectivity index is 2.62. The van der Waals surface area contributed by atoms with Gasteiger partial charge in [0.25, 0.3) is 0 Å². The van der Waals surface area contributed by atoms with Crippen molar-refractivity contribution in [1.82, 2.24) is 5.32 Å². The molecule has 2 N–H and O–H groups in total. The Hall–Kier alpha value is -1.14. The fourth-order valence-corrected chi connectivity index (χ4v) is 2.29. The Morgan fingerprint density at radius 2 is 1.90 bits per heavy atom. The van der Waals surface area contributed by atoms with Gasteiger partial charge < -0.3 is 10.4 Å². The minimum atomic E-state index is -1.60. The summed E-state index contributed by atoms with van der Waals surface area (Å²) in [6.45, 7) is 7.22. The van der Waals surface area contributed by atoms with Crippen molar-refractivity contribution in [3.63, 3.8) is 0 Å². The zero-order chi connectivity index (χ0) is 16.3. The summed E-state index contributed by atoms with van der Waals surface area (Å²) >= 11 is 1.48. The molecule has 0 heterocycles. The first-order valence-corrected chi connectivity index (χ1v) is 7.58. The van der Waals surface area contributed by atoms with Crippen LogP contribution in [-0.2, 0) is 10.4 Å². The van der Waals surface area contributed by atoms with E-state index in [0.717, 1.165) is 6.07 Å². The number of halogens is 2. The molecule has 1 amide bonds. The number of aliphatic hydroxyl groups is 1. The second-order valence-electron chi connectivity index (χ2n) is 6.08. The zero-order valence-electron chi connectivity index (χ0n) is 12.7. The number of nitrogens with one attached hydrogen (secondary N) is 1. The molecule has 1 aromatic rings. The van der Waals surface area contributed by atoms with Gasteiger partial charge in [0.15, 0.2) is 0 Å². The molecule has 0 radical (unpaired) electrons. The Morgan fingerprint density at radius 3 is 2.43 bits per heavy atom. The van der Waals surface area contributed by atoms with Crippen LogP contribution in [0.1, 0.15) is 33.3 Å². The molecule has 0 fully saturated rings. The van der Waals surface area contributed by atoms with Gasteiger partial charge in [0.1, 0.15) is 17.2 Å². The van der Waals surface area contributed by atoms with E-state index >= 15 is 0 Å². The van der Waals surface area contributed by atoms with Crippen molar-refractivity contribution in [3.05, 3.63) is 35.4 Å². The predicted octanol–water partition coefficient (Wildman–Crippen LogP) is 2.82. The maximum Gasteiger partial charge on any atom is 0.230 e. The van der Waals surface area contributed by atoms with Crippen LogP contribution in [0.5, 0.6) is 0 Å². The van der Waals surface area contributed by atoms with Gasteiger partial charge in [0.05, 0.1) is 12.3 Å². The van der Waals surface area contributed by atoms with E-state index in [1.54, 1.807) is 0 Å². The average Bonchev–Trinajstić information content (AvgIpc) is 2.32. The van der Waals surface area contributed by atoms with Crippen LogP contribution in [0.3, 0.4) is 0 Å². The highest BCUT2D eigenvalue weighted by atomic mass is 32.2. The molecule has 0 bridgehead atoms. The molecule has 0 aromatic heterocycles. The fourth-order valence-electron chi connectivity index (χ4n) is 1.63. The minimum absolute atomic E-state index is 0.0388. The molecule has 0 aliphatic rings. The van der Waals surface area contributed by atoms with Gasteiger partial charge in [0, 0.05) is 16.4 Å². The maximum atomic E-state index is 13.7. The van der Waals surface area contributed by atoms with Gasteiger partial charge >= 0.3 is 0 Å². The summed E-state index contributed by atoms with van der Waals surface area (Å²) in [6.07, 6.45) is 0. The fraction of sp³-hybridized carbons (Fsp3) is 0.533. The number of benzene rings is 1. The largest absolute Gasteiger partial charge is 0.383 e. The number of amides is 1. The lowest BCUT2D eigenvalue weighted by Crippen LogP contribution is -2.40. The maximum absolute atomic E-state index is 13.7. The van der Waals surface area contributed by atoms with Gasteiger partial charge in [-0.05, 0) is 13.0 Å². The third kappa shape index (κ3) is 6.01. The Kier molecular flexibility index (Phi) is 5.75. The quantitative estimate of drug-likeness (QED) is 0.878. The van der Waals surface area contributed by atoms with Gasteiger partial charge in [-0.15, -0.1) is 11.8 Å². The molecular weight excluding hydrogens is 296 g/mol. The summed E-state index contributed by atoms with van der Waals surface area (Å²) in [5.41, 5.74) is -1.65. The number of carbonyl (C=O) groups is 1. The molecular formula is C15H21F2NO2S. The summed E-state index contributed by atoms with van der Waals surface area (Å²) in [4.78, 5) is 11.7. The second kappa shape index (κ2) is 6.75. The summed E-state index contributed by atoms with van der Waals surface area (Å²) in [6, 6.07) is 2.96. The highest BCUT2D eigenvalue weighted by molar-refractivity contribution is 8.01. The van der Waals surface area contributed by atoms with E-state index in [-0.39, 0.29) is 28.5 Å². The van der Waals surface area contributed by atoms with Crippen LogP contribution in [0.4, 0.5) is 8.78 Å². The van der Waals surface area contributed by atoms with Crippen molar-refractivity contribution < 1.29 is 18.7 Å². The monoisotopic (exact) mass is 317 g/mol. The lowest BCUT2D eigenvalue weighted by atomic mass is 9.95. The van der Waals surface area contributed by atoms with Crippen molar-refractivity contribution in [1.29, 1.82) is 0 Å². The van der Waals surface area contributed by atoms with Crippen LogP contribution < -0.4 is 5.32 Å². The summed E-state index contributed by atoms with van der Waals surface area (Å²) in [5.74, 6) is -1.53. The van der Waals surface area contributed by atoms with Gasteiger partial charge in [-0.25, -0.2) is 8.78 Å². The normalized spacial score (nSPS) is 14.6. The van der Waals surface area contributed by atoms with Gasteiger partial charge in [-0.1, -0.05) is 26.8 Å². The zero-order valence-corrected chi connectivity index (χ0v) is 13.5. The van der Waals surface area contributed by atoms with Crippen molar-refractivity contribution in [2.24, 2.45) is 0 Å². The predicted molar refractivity (Wildman–Crippen MR) is 81.1 cm³/mol. The number of carbonyl (C=O) groups excluding carboxylic acids is 1. The third-order valence-corrected chi connectivity index (χ3v) is 4.05. The second-order valence-corrected chi connectivity index (χ2v) is 7.88. The van der Waals surface area contributed by atoms with Gasteiger partial charge in [0.2, 0.25) is 5.91 Å². The summed E-state index contributed by atoms with van der Waals surface area (Å²) < 4.78 is 26.5. The van der Waals surface area contributed by atoms with Gasteiger partial charge in [-0.3, -0.25) is 4.79 Å². The van der Waals surface area contributed by atoms with E-state index in [1.807, 2.05) is 20.8 Å². The van der Waals surface area contributed by atoms with E-state index in [2.05, 4.69) is 5.32 Å². The summed E-state index contributed by atoms with van der Waals surface area (Å²) in [5, 5.41) is 12.8. The van der Waals surface area contributed by atoms with Crippen LogP contribution in [0.15, 0.2) is 18.2 Å². The van der Waals surface area contributed by atoms with E-state index in [4.69, 9.17) is 0 Å². The number of hydrogen-bond acceptors (Lipinski definition) is 3. The van der Waals surface area contributed by atoms with Crippen molar-refractivity contribution >= 4 is 17.7 Å². The number of thioether (sulfide) groups is 1. The number of rotatable bonds is 5. The lowest BCUT2D eigenvalue weighted by molar-refractivity contribution is -0.119. The van der Waals surface area contributed by atoms with E-state index in [0.29, 0.717) is 6.07 Å². The molecule has 0 spiro atoms. The molecule has 0 aliphatic heterocycles. The van der Waals surface area contributed by atoms with Crippen LogP contribution in [0.2, 0.25) is 0 Å². The first-order chi connectivity index (χ1) is 9.51. The topological polar surface area (TPSA) is 49.3 Å². The molecule has 0 saturated heterocycles. The molecule has 3 nitrogen and oxygen atoms in total.